The van der Waals surface area contributed by atoms with Gasteiger partial charge in [-0.2, -0.15) is 0 Å². The molecule has 0 N–H and O–H groups in total. The van der Waals surface area contributed by atoms with Gasteiger partial charge in [0, 0.05) is 21.7 Å². The summed E-state index contributed by atoms with van der Waals surface area (Å²) < 4.78 is 17.3. The van der Waals surface area contributed by atoms with Crippen LogP contribution in [-0.2, 0) is 0 Å². The van der Waals surface area contributed by atoms with Gasteiger partial charge in [-0.05, 0) is 139 Å². The summed E-state index contributed by atoms with van der Waals surface area (Å²) in [4.78, 5) is 17.8. The van der Waals surface area contributed by atoms with Gasteiger partial charge in [0.25, 0.3) is 5.69 Å². The van der Waals surface area contributed by atoms with E-state index in [4.69, 9.17) is 34.6 Å². The molecule has 63 heavy (non-hydrogen) atoms. The van der Waals surface area contributed by atoms with Gasteiger partial charge in [-0.1, -0.05) is 60.7 Å². The van der Waals surface area contributed by atoms with E-state index < -0.39 is 4.92 Å². The Morgan fingerprint density at radius 1 is 0.476 bits per heavy atom. The molecule has 314 valence electrons. The Hall–Kier alpha value is -7.94. The van der Waals surface area contributed by atoms with Gasteiger partial charge >= 0.3 is 11.6 Å². The minimum absolute atomic E-state index is 0. The molecule has 0 radical (unpaired) electrons. The van der Waals surface area contributed by atoms with Crippen LogP contribution in [0.1, 0.15) is 0 Å². The standard InChI is InChI=1S/C47H37N9O5.2ClH/c1-59-41-26-18-33(19-27-41)32-14-16-35(17-15-32)47-49-53(39-22-24-40(25-23-39)56(57)58)55(51-47)43-29-21-37(31-45(43)61-3)36-20-28-42(44(30-36)60-2)54-50-46(34-10-6-4-7-11-34)48-52(54)38-12-8-5-9-13-38;;/h4-31H,1-3H3;2*1H/q+2;;/p-2. The van der Waals surface area contributed by atoms with E-state index in [-0.39, 0.29) is 30.5 Å². The molecule has 0 saturated carbocycles. The quantitative estimate of drug-likeness (QED) is 0.103. The SMILES string of the molecule is COc1ccc(-c2ccc(-c3nn(-c4ccc([N+](=O)[O-])cc4)[n+](-c4ccc(-c5ccc(-[n+]6nc(-c7ccccc7)nn6-c6ccccc6)c(OC)c5)cc4OC)n3)cc2)cc1.[Cl-].[Cl-]. The highest BCUT2D eigenvalue weighted by molar-refractivity contribution is 5.71. The van der Waals surface area contributed by atoms with Crippen molar-refractivity contribution in [1.29, 1.82) is 0 Å². The summed E-state index contributed by atoms with van der Waals surface area (Å²) in [6.07, 6.45) is 0. The highest BCUT2D eigenvalue weighted by Crippen LogP contribution is 2.33. The van der Waals surface area contributed by atoms with E-state index in [2.05, 4.69) is 0 Å². The minimum atomic E-state index is -0.437. The Bertz CT molecular complexity index is 3000. The van der Waals surface area contributed by atoms with Gasteiger partial charge in [0.05, 0.1) is 47.6 Å². The number of non-ortho nitro benzene ring substituents is 1. The lowest BCUT2D eigenvalue weighted by atomic mass is 10.0. The molecule has 0 saturated heterocycles. The average molecular weight is 879 g/mol. The van der Waals surface area contributed by atoms with Crippen LogP contribution in [0.5, 0.6) is 17.2 Å². The number of hydrogen-bond donors (Lipinski definition) is 0. The van der Waals surface area contributed by atoms with Crippen LogP contribution in [0.3, 0.4) is 0 Å². The van der Waals surface area contributed by atoms with Crippen LogP contribution in [0.15, 0.2) is 170 Å². The van der Waals surface area contributed by atoms with Crippen molar-refractivity contribution in [1.82, 2.24) is 30.0 Å². The Morgan fingerprint density at radius 2 is 0.889 bits per heavy atom. The number of nitrogens with zero attached hydrogens (tertiary/aromatic N) is 9. The molecule has 2 aromatic heterocycles. The fourth-order valence-corrected chi connectivity index (χ4v) is 6.94. The van der Waals surface area contributed by atoms with Gasteiger partial charge in [-0.25, -0.2) is 0 Å². The van der Waals surface area contributed by atoms with E-state index in [9.17, 15) is 10.1 Å². The van der Waals surface area contributed by atoms with Crippen LogP contribution < -0.4 is 48.6 Å². The van der Waals surface area contributed by atoms with Crippen molar-refractivity contribution in [2.24, 2.45) is 0 Å². The molecule has 7 aromatic carbocycles. The summed E-state index contributed by atoms with van der Waals surface area (Å²) >= 11 is 0. The normalized spacial score (nSPS) is 10.7. The first kappa shape index (κ1) is 43.2. The number of ether oxygens (including phenoxy) is 3. The smallest absolute Gasteiger partial charge is 0.340 e. The molecule has 0 unspecified atom stereocenters. The maximum absolute atomic E-state index is 11.5. The van der Waals surface area contributed by atoms with Crippen LogP contribution in [0.2, 0.25) is 0 Å². The number of benzene rings is 7. The molecule has 16 heteroatoms. The van der Waals surface area contributed by atoms with E-state index in [0.717, 1.165) is 44.8 Å². The number of tetrazole rings is 2. The first-order valence-electron chi connectivity index (χ1n) is 19.2. The molecule has 0 amide bonds. The molecule has 0 spiro atoms. The first-order chi connectivity index (χ1) is 29.9. The molecule has 0 bridgehead atoms. The van der Waals surface area contributed by atoms with Crippen LogP contribution in [-0.4, -0.2) is 56.2 Å². The molecule has 14 nitrogen and oxygen atoms in total. The first-order valence-corrected chi connectivity index (χ1v) is 19.2. The van der Waals surface area contributed by atoms with Gasteiger partial charge < -0.3 is 39.0 Å². The Kier molecular flexibility index (Phi) is 12.9. The molecule has 9 rings (SSSR count). The highest BCUT2D eigenvalue weighted by Gasteiger charge is 2.29. The van der Waals surface area contributed by atoms with Gasteiger partial charge in [-0.15, -0.1) is 0 Å². The molecule has 9 aromatic rings. The van der Waals surface area contributed by atoms with Crippen molar-refractivity contribution in [3.63, 3.8) is 0 Å². The van der Waals surface area contributed by atoms with Crippen molar-refractivity contribution < 1.29 is 53.5 Å². The molecule has 2 heterocycles. The number of nitro groups is 1. The van der Waals surface area contributed by atoms with Gasteiger partial charge in [-0.3, -0.25) is 10.1 Å². The lowest BCUT2D eigenvalue weighted by molar-refractivity contribution is -0.734. The molecular weight excluding hydrogens is 841 g/mol. The van der Waals surface area contributed by atoms with E-state index in [1.165, 1.54) is 12.1 Å². The topological polar surface area (TPSA) is 140 Å². The molecule has 0 aliphatic carbocycles. The lowest BCUT2D eigenvalue weighted by Crippen LogP contribution is -3.00. The van der Waals surface area contributed by atoms with E-state index in [1.807, 2.05) is 146 Å². The molecule has 0 aliphatic heterocycles. The Morgan fingerprint density at radius 3 is 1.35 bits per heavy atom. The monoisotopic (exact) mass is 877 g/mol. The predicted molar refractivity (Wildman–Crippen MR) is 227 cm³/mol. The zero-order chi connectivity index (χ0) is 41.9. The molecular formula is C47H37Cl2N9O5. The van der Waals surface area contributed by atoms with Gasteiger partial charge in [0.15, 0.2) is 11.5 Å². The third-order valence-electron chi connectivity index (χ3n) is 10.1. The van der Waals surface area contributed by atoms with Gasteiger partial charge in [0.1, 0.15) is 17.1 Å². The van der Waals surface area contributed by atoms with E-state index in [1.54, 1.807) is 52.6 Å². The van der Waals surface area contributed by atoms with Crippen LogP contribution in [0.4, 0.5) is 5.69 Å². The largest absolute Gasteiger partial charge is 1.00 e. The maximum Gasteiger partial charge on any atom is 0.340 e. The van der Waals surface area contributed by atoms with E-state index in [0.29, 0.717) is 40.2 Å². The van der Waals surface area contributed by atoms with Crippen molar-refractivity contribution in [2.75, 3.05) is 21.3 Å². The fourth-order valence-electron chi connectivity index (χ4n) is 6.94. The third-order valence-corrected chi connectivity index (χ3v) is 10.1. The van der Waals surface area contributed by atoms with Gasteiger partial charge in [0.2, 0.25) is 11.4 Å². The molecule has 0 atom stereocenters. The molecule has 0 fully saturated rings. The van der Waals surface area contributed by atoms with E-state index >= 15 is 0 Å². The maximum atomic E-state index is 11.5. The molecule has 0 aliphatic rings. The minimum Gasteiger partial charge on any atom is -1.00 e. The number of halogens is 2. The zero-order valence-corrected chi connectivity index (χ0v) is 35.5. The average Bonchev–Trinajstić information content (AvgIpc) is 3.98. The summed E-state index contributed by atoms with van der Waals surface area (Å²) in [6.45, 7) is 0. The number of para-hydroxylation sites is 1. The van der Waals surface area contributed by atoms with Crippen molar-refractivity contribution in [3.8, 4) is 85.0 Å². The zero-order valence-electron chi connectivity index (χ0n) is 34.0. The predicted octanol–water partition coefficient (Wildman–Crippen LogP) is 2.01. The second-order valence-corrected chi connectivity index (χ2v) is 13.8. The fraction of sp³-hybridized carbons (Fsp3) is 0.0638. The Labute approximate surface area is 374 Å². The van der Waals surface area contributed by atoms with Crippen molar-refractivity contribution >= 4 is 5.69 Å². The number of methoxy groups -OCH3 is 3. The highest BCUT2D eigenvalue weighted by atomic mass is 35.5. The number of nitro benzene ring substituents is 1. The second kappa shape index (κ2) is 18.8. The van der Waals surface area contributed by atoms with Crippen molar-refractivity contribution in [2.45, 2.75) is 0 Å². The van der Waals surface area contributed by atoms with Crippen molar-refractivity contribution in [3.05, 3.63) is 180 Å². The Balaban J connectivity index is 0.00000298. The third kappa shape index (κ3) is 8.66. The van der Waals surface area contributed by atoms with Crippen LogP contribution in [0.25, 0.3) is 67.8 Å². The summed E-state index contributed by atoms with van der Waals surface area (Å²) in [7, 11) is 4.86. The number of hydrogen-bond acceptors (Lipinski definition) is 9. The second-order valence-electron chi connectivity index (χ2n) is 13.8. The lowest BCUT2D eigenvalue weighted by Gasteiger charge is -2.11. The summed E-state index contributed by atoms with van der Waals surface area (Å²) in [5.41, 5.74) is 8.03. The number of aromatic nitrogens is 8. The summed E-state index contributed by atoms with van der Waals surface area (Å²) in [5.74, 6) is 2.86. The van der Waals surface area contributed by atoms with Crippen LogP contribution in [0, 0.1) is 10.1 Å². The van der Waals surface area contributed by atoms with Crippen LogP contribution >= 0.6 is 0 Å². The number of rotatable bonds is 12. The summed E-state index contributed by atoms with van der Waals surface area (Å²) in [6, 6.07) is 53.2. The summed E-state index contributed by atoms with van der Waals surface area (Å²) in [5, 5.41) is 31.1.